The first-order valence-electron chi connectivity index (χ1n) is 11.3. The van der Waals surface area contributed by atoms with E-state index in [1.807, 2.05) is 84.9 Å². The van der Waals surface area contributed by atoms with Gasteiger partial charge in [-0.15, -0.1) is 0 Å². The maximum atomic E-state index is 12.6. The summed E-state index contributed by atoms with van der Waals surface area (Å²) in [6.07, 6.45) is 3.56. The van der Waals surface area contributed by atoms with Crippen molar-refractivity contribution in [1.82, 2.24) is 0 Å². The lowest BCUT2D eigenvalue weighted by molar-refractivity contribution is 0.104. The molecule has 1 aromatic heterocycles. The monoisotopic (exact) mass is 492 g/mol. The van der Waals surface area contributed by atoms with Gasteiger partial charge in [-0.2, -0.15) is 0 Å². The minimum absolute atomic E-state index is 0.0174. The first-order valence-corrected chi connectivity index (χ1v) is 11.3. The van der Waals surface area contributed by atoms with Crippen LogP contribution in [0.25, 0.3) is 22.5 Å². The van der Waals surface area contributed by atoms with Crippen molar-refractivity contribution < 1.29 is 26.5 Å². The molecule has 0 bridgehead atoms. The third kappa shape index (κ3) is 8.05. The van der Waals surface area contributed by atoms with Gasteiger partial charge >= 0.3 is 18.8 Å². The van der Waals surface area contributed by atoms with Crippen molar-refractivity contribution in [3.63, 3.8) is 0 Å². The van der Waals surface area contributed by atoms with Gasteiger partial charge in [0.1, 0.15) is 0 Å². The number of rotatable bonds is 6. The van der Waals surface area contributed by atoms with E-state index in [2.05, 4.69) is 38.1 Å². The van der Waals surface area contributed by atoms with E-state index in [0.29, 0.717) is 5.56 Å². The second-order valence-electron chi connectivity index (χ2n) is 8.59. The number of halogens is 4. The Morgan fingerprint density at radius 2 is 1.19 bits per heavy atom. The van der Waals surface area contributed by atoms with Gasteiger partial charge in [0, 0.05) is 17.2 Å². The number of hydrogen-bond acceptors (Lipinski definition) is 1. The van der Waals surface area contributed by atoms with E-state index in [0.717, 1.165) is 28.2 Å². The van der Waals surface area contributed by atoms with Crippen LogP contribution in [0.1, 0.15) is 30.0 Å². The lowest BCUT2D eigenvalue weighted by Crippen LogP contribution is -2.14. The summed E-state index contributed by atoms with van der Waals surface area (Å²) in [5.74, 6) is 1.58. The van der Waals surface area contributed by atoms with Crippen LogP contribution in [0.15, 0.2) is 120 Å². The zero-order chi connectivity index (χ0) is 26.2. The highest BCUT2D eigenvalue weighted by molar-refractivity contribution is 6.50. The number of carbonyl (C=O) groups excluding carboxylic acids is 1. The zero-order valence-electron chi connectivity index (χ0n) is 19.9. The van der Waals surface area contributed by atoms with E-state index in [-0.39, 0.29) is 5.78 Å². The minimum Gasteiger partial charge on any atom is -0.418 e. The van der Waals surface area contributed by atoms with Gasteiger partial charge < -0.3 is 17.3 Å². The van der Waals surface area contributed by atoms with Gasteiger partial charge in [-0.05, 0) is 37.6 Å². The quantitative estimate of drug-likeness (QED) is 0.0884. The van der Waals surface area contributed by atoms with Crippen molar-refractivity contribution in [3.8, 4) is 22.5 Å². The van der Waals surface area contributed by atoms with E-state index in [4.69, 9.17) is 4.42 Å². The molecule has 0 aliphatic carbocycles. The molecule has 0 fully saturated rings. The second-order valence-corrected chi connectivity index (χ2v) is 8.59. The molecule has 4 aromatic rings. The fourth-order valence-electron chi connectivity index (χ4n) is 3.43. The fourth-order valence-corrected chi connectivity index (χ4v) is 3.43. The first-order chi connectivity index (χ1) is 17.0. The largest absolute Gasteiger partial charge is 0.673 e. The van der Waals surface area contributed by atoms with Gasteiger partial charge in [0.2, 0.25) is 0 Å². The van der Waals surface area contributed by atoms with Crippen molar-refractivity contribution in [1.29, 1.82) is 0 Å². The normalized spacial score (nSPS) is 11.6. The maximum absolute atomic E-state index is 12.6. The Labute approximate surface area is 208 Å². The zero-order valence-corrected chi connectivity index (χ0v) is 19.9. The Bertz CT molecular complexity index is 1240. The summed E-state index contributed by atoms with van der Waals surface area (Å²) in [6.45, 7) is 4.12. The maximum Gasteiger partial charge on any atom is 0.673 e. The lowest BCUT2D eigenvalue weighted by atomic mass is 9.87. The summed E-state index contributed by atoms with van der Waals surface area (Å²) in [7, 11) is -6.00. The summed E-state index contributed by atoms with van der Waals surface area (Å²) in [5, 5.41) is 0. The predicted octanol–water partition coefficient (Wildman–Crippen LogP) is 8.91. The topological polar surface area (TPSA) is 28.4 Å². The van der Waals surface area contributed by atoms with Crippen molar-refractivity contribution >= 4 is 13.0 Å². The molecule has 0 saturated heterocycles. The molecule has 184 valence electrons. The summed E-state index contributed by atoms with van der Waals surface area (Å²) in [4.78, 5) is 12.6. The SMILES string of the molecule is CC(C)(/C=C/C(=O)c1ccccc1)c1cc(-c2ccccc2)cc(-c2ccccc2)[o+]1.F[B-](F)(F)F. The third-order valence-electron chi connectivity index (χ3n) is 5.30. The molecule has 4 rings (SSSR count). The van der Waals surface area contributed by atoms with Crippen LogP contribution >= 0.6 is 0 Å². The fraction of sp³-hybridized carbons (Fsp3) is 0.103. The van der Waals surface area contributed by atoms with Crippen molar-refractivity contribution in [3.05, 3.63) is 127 Å². The smallest absolute Gasteiger partial charge is 0.418 e. The Kier molecular flexibility index (Phi) is 8.59. The molecule has 0 unspecified atom stereocenters. The molecule has 3 aromatic carbocycles. The van der Waals surface area contributed by atoms with E-state index in [1.54, 1.807) is 6.08 Å². The van der Waals surface area contributed by atoms with E-state index in [9.17, 15) is 22.1 Å². The molecule has 0 saturated carbocycles. The number of allylic oxidation sites excluding steroid dienone is 2. The van der Waals surface area contributed by atoms with Gasteiger partial charge in [-0.1, -0.05) is 84.9 Å². The lowest BCUT2D eigenvalue weighted by Gasteiger charge is -2.13. The van der Waals surface area contributed by atoms with E-state index < -0.39 is 12.7 Å². The average molecular weight is 492 g/mol. The standard InChI is InChI=1S/C29H25O2.BF4/c1-29(2,19-18-26(30)23-14-8-4-9-15-23)28-21-25(22-12-6-3-7-13-22)20-27(31-28)24-16-10-5-11-17-24;2-1(3,4)5/h3-21H,1-2H3;/q+1;-1/b19-18+;. The van der Waals surface area contributed by atoms with Crippen LogP contribution in [0.5, 0.6) is 0 Å². The molecule has 0 atom stereocenters. The van der Waals surface area contributed by atoms with Crippen LogP contribution in [0.2, 0.25) is 0 Å². The van der Waals surface area contributed by atoms with Gasteiger partial charge in [0.25, 0.3) is 0 Å². The van der Waals surface area contributed by atoms with Gasteiger partial charge in [0.15, 0.2) is 5.78 Å². The van der Waals surface area contributed by atoms with E-state index >= 15 is 0 Å². The first kappa shape index (κ1) is 26.6. The average Bonchev–Trinajstić information content (AvgIpc) is 2.87. The number of benzene rings is 3. The molecule has 2 nitrogen and oxygen atoms in total. The van der Waals surface area contributed by atoms with Crippen molar-refractivity contribution in [2.24, 2.45) is 0 Å². The van der Waals surface area contributed by atoms with Crippen LogP contribution in [-0.4, -0.2) is 13.0 Å². The van der Waals surface area contributed by atoms with Gasteiger partial charge in [-0.3, -0.25) is 4.79 Å². The molecular weight excluding hydrogens is 467 g/mol. The summed E-state index contributed by atoms with van der Waals surface area (Å²) in [5.41, 5.74) is 3.42. The van der Waals surface area contributed by atoms with Gasteiger partial charge in [0.05, 0.1) is 17.0 Å². The molecule has 7 heteroatoms. The molecule has 1 heterocycles. The highest BCUT2D eigenvalue weighted by Crippen LogP contribution is 2.34. The highest BCUT2D eigenvalue weighted by atomic mass is 19.5. The highest BCUT2D eigenvalue weighted by Gasteiger charge is 2.32. The Morgan fingerprint density at radius 3 is 1.72 bits per heavy atom. The summed E-state index contributed by atoms with van der Waals surface area (Å²) in [6, 6.07) is 33.8. The summed E-state index contributed by atoms with van der Waals surface area (Å²) >= 11 is 0. The Balaban J connectivity index is 0.000000658. The van der Waals surface area contributed by atoms with Crippen LogP contribution in [-0.2, 0) is 5.41 Å². The number of ketones is 1. The Hall–Kier alpha value is -4.00. The predicted molar refractivity (Wildman–Crippen MR) is 137 cm³/mol. The molecule has 0 aliphatic heterocycles. The summed E-state index contributed by atoms with van der Waals surface area (Å²) < 4.78 is 45.4. The number of hydrogen-bond donors (Lipinski definition) is 0. The molecule has 0 amide bonds. The molecular formula is C29H25BF4O2. The van der Waals surface area contributed by atoms with Crippen LogP contribution < -0.4 is 0 Å². The van der Waals surface area contributed by atoms with Crippen LogP contribution in [0.3, 0.4) is 0 Å². The van der Waals surface area contributed by atoms with Crippen molar-refractivity contribution in [2.75, 3.05) is 0 Å². The van der Waals surface area contributed by atoms with Crippen LogP contribution in [0, 0.1) is 0 Å². The third-order valence-corrected chi connectivity index (χ3v) is 5.30. The number of carbonyl (C=O) groups is 1. The molecule has 0 N–H and O–H groups in total. The van der Waals surface area contributed by atoms with E-state index in [1.165, 1.54) is 0 Å². The Morgan fingerprint density at radius 1 is 0.722 bits per heavy atom. The van der Waals surface area contributed by atoms with Crippen molar-refractivity contribution in [2.45, 2.75) is 19.3 Å². The van der Waals surface area contributed by atoms with Crippen LogP contribution in [0.4, 0.5) is 17.3 Å². The minimum atomic E-state index is -6.00. The second kappa shape index (κ2) is 11.6. The molecule has 0 radical (unpaired) electrons. The molecule has 0 spiro atoms. The van der Waals surface area contributed by atoms with Gasteiger partial charge in [-0.25, -0.2) is 4.42 Å². The molecule has 36 heavy (non-hydrogen) atoms. The molecule has 0 aliphatic rings.